The van der Waals surface area contributed by atoms with Crippen LogP contribution < -0.4 is 0 Å². The van der Waals surface area contributed by atoms with Crippen LogP contribution in [-0.2, 0) is 9.31 Å². The molecule has 0 saturated carbocycles. The number of alkyl halides is 3. The predicted octanol–water partition coefficient (Wildman–Crippen LogP) is 3.71. The van der Waals surface area contributed by atoms with Gasteiger partial charge in [0.15, 0.2) is 0 Å². The molecule has 1 fully saturated rings. The molecule has 1 aliphatic heterocycles. The summed E-state index contributed by atoms with van der Waals surface area (Å²) in [7, 11) is -0.900. The van der Waals surface area contributed by atoms with E-state index in [1.807, 2.05) is 27.7 Å². The van der Waals surface area contributed by atoms with Crippen LogP contribution in [0.5, 0.6) is 0 Å². The van der Waals surface area contributed by atoms with Crippen LogP contribution in [0.1, 0.15) is 34.6 Å². The van der Waals surface area contributed by atoms with Crippen LogP contribution in [0.3, 0.4) is 0 Å². The van der Waals surface area contributed by atoms with Crippen molar-refractivity contribution in [2.24, 2.45) is 4.99 Å². The Morgan fingerprint density at radius 3 is 1.95 bits per heavy atom. The van der Waals surface area contributed by atoms with Crippen molar-refractivity contribution in [1.82, 2.24) is 0 Å². The number of aliphatic imine (C=N–C) groups is 1. The lowest BCUT2D eigenvalue weighted by Gasteiger charge is -2.32. The SMILES string of the molecule is C=N/C=C(\C=C(/C)C(F)(F)F)B1OC(C)(C)C(C)(C)O1. The molecule has 20 heavy (non-hydrogen) atoms. The van der Waals surface area contributed by atoms with Gasteiger partial charge in [-0.15, -0.1) is 0 Å². The summed E-state index contributed by atoms with van der Waals surface area (Å²) < 4.78 is 49.3. The predicted molar refractivity (Wildman–Crippen MR) is 73.5 cm³/mol. The largest absolute Gasteiger partial charge is 0.496 e. The molecule has 0 N–H and O–H groups in total. The molecule has 0 spiro atoms. The first kappa shape index (κ1) is 17.0. The number of hydrogen-bond donors (Lipinski definition) is 0. The average molecular weight is 289 g/mol. The molecule has 0 aromatic heterocycles. The van der Waals surface area contributed by atoms with E-state index in [1.54, 1.807) is 0 Å². The normalized spacial score (nSPS) is 23.1. The highest BCUT2D eigenvalue weighted by atomic mass is 19.4. The van der Waals surface area contributed by atoms with Crippen LogP contribution >= 0.6 is 0 Å². The highest BCUT2D eigenvalue weighted by Crippen LogP contribution is 2.39. The van der Waals surface area contributed by atoms with Gasteiger partial charge in [-0.05, 0) is 41.3 Å². The first-order chi connectivity index (χ1) is 8.90. The molecule has 0 aromatic rings. The van der Waals surface area contributed by atoms with Gasteiger partial charge in [0.2, 0.25) is 0 Å². The standard InChI is InChI=1S/C13H19BF3NO2/c1-9(13(15,16)17)7-10(8-18-6)14-19-11(2,3)12(4,5)20-14/h7-8H,6H2,1-5H3/b9-7+,10-8+. The minimum absolute atomic E-state index is 0.188. The summed E-state index contributed by atoms with van der Waals surface area (Å²) in [6.45, 7) is 11.6. The van der Waals surface area contributed by atoms with E-state index in [0.29, 0.717) is 0 Å². The third kappa shape index (κ3) is 3.52. The highest BCUT2D eigenvalue weighted by Gasteiger charge is 2.52. The van der Waals surface area contributed by atoms with Gasteiger partial charge in [0.05, 0.1) is 11.2 Å². The smallest absolute Gasteiger partial charge is 0.399 e. The van der Waals surface area contributed by atoms with Gasteiger partial charge in [-0.3, -0.25) is 4.99 Å². The molecule has 0 aromatic carbocycles. The van der Waals surface area contributed by atoms with Gasteiger partial charge < -0.3 is 9.31 Å². The number of allylic oxidation sites excluding steroid dienone is 3. The van der Waals surface area contributed by atoms with Gasteiger partial charge in [0.1, 0.15) is 0 Å². The third-order valence-corrected chi connectivity index (χ3v) is 3.60. The Hall–Kier alpha value is -1.08. The lowest BCUT2D eigenvalue weighted by Crippen LogP contribution is -2.41. The molecule has 0 amide bonds. The Morgan fingerprint density at radius 1 is 1.15 bits per heavy atom. The van der Waals surface area contributed by atoms with Crippen LogP contribution in [0.2, 0.25) is 0 Å². The summed E-state index contributed by atoms with van der Waals surface area (Å²) in [5.41, 5.74) is -1.81. The second-order valence-corrected chi connectivity index (χ2v) is 5.73. The Balaban J connectivity index is 3.08. The quantitative estimate of drug-likeness (QED) is 0.450. The first-order valence-electron chi connectivity index (χ1n) is 6.18. The third-order valence-electron chi connectivity index (χ3n) is 3.60. The van der Waals surface area contributed by atoms with Crippen LogP contribution in [0.15, 0.2) is 28.3 Å². The topological polar surface area (TPSA) is 30.8 Å². The fourth-order valence-electron chi connectivity index (χ4n) is 1.58. The molecule has 1 aliphatic rings. The van der Waals surface area contributed by atoms with Crippen molar-refractivity contribution in [2.75, 3.05) is 0 Å². The van der Waals surface area contributed by atoms with E-state index in [4.69, 9.17) is 9.31 Å². The zero-order chi connectivity index (χ0) is 15.8. The van der Waals surface area contributed by atoms with E-state index in [-0.39, 0.29) is 5.47 Å². The molecule has 3 nitrogen and oxygen atoms in total. The minimum Gasteiger partial charge on any atom is -0.399 e. The molecule has 0 bridgehead atoms. The molecule has 112 valence electrons. The Bertz CT molecular complexity index is 437. The molecule has 7 heteroatoms. The molecule has 1 saturated heterocycles. The van der Waals surface area contributed by atoms with E-state index in [9.17, 15) is 13.2 Å². The summed E-state index contributed by atoms with van der Waals surface area (Å²) in [6, 6.07) is 0. The van der Waals surface area contributed by atoms with Crippen molar-refractivity contribution in [1.29, 1.82) is 0 Å². The summed E-state index contributed by atoms with van der Waals surface area (Å²) in [5, 5.41) is 0. The van der Waals surface area contributed by atoms with E-state index in [2.05, 4.69) is 11.7 Å². The zero-order valence-electron chi connectivity index (χ0n) is 12.3. The lowest BCUT2D eigenvalue weighted by atomic mass is 9.77. The molecule has 0 radical (unpaired) electrons. The van der Waals surface area contributed by atoms with Crippen molar-refractivity contribution in [3.05, 3.63) is 23.3 Å². The van der Waals surface area contributed by atoms with Crippen molar-refractivity contribution in [2.45, 2.75) is 52.0 Å². The van der Waals surface area contributed by atoms with E-state index >= 15 is 0 Å². The average Bonchev–Trinajstić information content (AvgIpc) is 2.46. The van der Waals surface area contributed by atoms with Gasteiger partial charge >= 0.3 is 13.3 Å². The monoisotopic (exact) mass is 289 g/mol. The maximum absolute atomic E-state index is 12.6. The molecule has 0 unspecified atom stereocenters. The van der Waals surface area contributed by atoms with E-state index in [1.165, 1.54) is 6.20 Å². The molecule has 1 rings (SSSR count). The Morgan fingerprint density at radius 2 is 1.60 bits per heavy atom. The van der Waals surface area contributed by atoms with Crippen molar-refractivity contribution >= 4 is 13.8 Å². The summed E-state index contributed by atoms with van der Waals surface area (Å²) in [6.07, 6.45) is -2.21. The molecular formula is C13H19BF3NO2. The fourth-order valence-corrected chi connectivity index (χ4v) is 1.58. The van der Waals surface area contributed by atoms with Gasteiger partial charge in [-0.2, -0.15) is 13.2 Å². The number of rotatable bonds is 3. The Kier molecular flexibility index (Phi) is 4.56. The minimum atomic E-state index is -4.40. The van der Waals surface area contributed by atoms with Gasteiger partial charge in [0.25, 0.3) is 0 Å². The second-order valence-electron chi connectivity index (χ2n) is 5.73. The fraction of sp³-hybridized carbons (Fsp3) is 0.615. The van der Waals surface area contributed by atoms with Crippen molar-refractivity contribution in [3.8, 4) is 0 Å². The van der Waals surface area contributed by atoms with Crippen LogP contribution in [-0.4, -0.2) is 31.2 Å². The number of nitrogens with zero attached hydrogens (tertiary/aromatic N) is 1. The molecule has 1 heterocycles. The number of halogens is 3. The zero-order valence-corrected chi connectivity index (χ0v) is 12.3. The van der Waals surface area contributed by atoms with Gasteiger partial charge in [0, 0.05) is 17.2 Å². The van der Waals surface area contributed by atoms with Gasteiger partial charge in [-0.1, -0.05) is 6.08 Å². The second kappa shape index (κ2) is 5.37. The van der Waals surface area contributed by atoms with Crippen molar-refractivity contribution in [3.63, 3.8) is 0 Å². The molecule has 0 atom stereocenters. The van der Waals surface area contributed by atoms with E-state index < -0.39 is 30.1 Å². The maximum atomic E-state index is 12.6. The molecular weight excluding hydrogens is 270 g/mol. The number of hydrogen-bond acceptors (Lipinski definition) is 3. The highest BCUT2D eigenvalue weighted by molar-refractivity contribution is 6.55. The van der Waals surface area contributed by atoms with Crippen LogP contribution in [0.4, 0.5) is 13.2 Å². The summed E-state index contributed by atoms with van der Waals surface area (Å²) >= 11 is 0. The summed E-state index contributed by atoms with van der Waals surface area (Å²) in [5.74, 6) is 0. The van der Waals surface area contributed by atoms with Crippen LogP contribution in [0.25, 0.3) is 0 Å². The maximum Gasteiger partial charge on any atom is 0.496 e. The van der Waals surface area contributed by atoms with Crippen molar-refractivity contribution < 1.29 is 22.5 Å². The molecule has 0 aliphatic carbocycles. The van der Waals surface area contributed by atoms with Crippen LogP contribution in [0, 0.1) is 0 Å². The first-order valence-corrected chi connectivity index (χ1v) is 6.18. The summed E-state index contributed by atoms with van der Waals surface area (Å²) in [4.78, 5) is 3.53. The lowest BCUT2D eigenvalue weighted by molar-refractivity contribution is -0.0913. The van der Waals surface area contributed by atoms with E-state index in [0.717, 1.165) is 13.0 Å². The Labute approximate surface area is 117 Å². The van der Waals surface area contributed by atoms with Gasteiger partial charge in [-0.25, -0.2) is 0 Å².